The van der Waals surface area contributed by atoms with Crippen LogP contribution in [0, 0.1) is 17.8 Å². The highest BCUT2D eigenvalue weighted by Gasteiger charge is 2.40. The Morgan fingerprint density at radius 2 is 1.40 bits per heavy atom. The van der Waals surface area contributed by atoms with Crippen LogP contribution in [0.4, 0.5) is 0 Å². The Morgan fingerprint density at radius 1 is 0.561 bits per heavy atom. The summed E-state index contributed by atoms with van der Waals surface area (Å²) in [6.07, 6.45) is 17.0. The van der Waals surface area contributed by atoms with E-state index in [4.69, 9.17) is 0 Å². The Morgan fingerprint density at radius 3 is 2.35 bits per heavy atom. The fourth-order valence-corrected chi connectivity index (χ4v) is 12.4. The Labute approximate surface area is 342 Å². The minimum atomic E-state index is 0.479. The van der Waals surface area contributed by atoms with Gasteiger partial charge in [0, 0.05) is 26.1 Å². The zero-order chi connectivity index (χ0) is 37.9. The highest BCUT2D eigenvalue weighted by molar-refractivity contribution is 7.25. The summed E-state index contributed by atoms with van der Waals surface area (Å²) in [6.45, 7) is 2.59. The maximum Gasteiger partial charge on any atom is 0.0355 e. The topological polar surface area (TPSA) is 0 Å². The summed E-state index contributed by atoms with van der Waals surface area (Å²) >= 11 is 1.94. The predicted molar refractivity (Wildman–Crippen MR) is 244 cm³/mol. The molecule has 0 radical (unpaired) electrons. The first-order chi connectivity index (χ1) is 28.1. The van der Waals surface area contributed by atoms with Crippen LogP contribution < -0.4 is 0 Å². The summed E-state index contributed by atoms with van der Waals surface area (Å²) in [4.78, 5) is 0. The molecule has 0 saturated carbocycles. The molecular formula is C56H50S. The lowest BCUT2D eigenvalue weighted by Crippen LogP contribution is -2.27. The van der Waals surface area contributed by atoms with E-state index in [1.807, 2.05) is 11.3 Å². The first kappa shape index (κ1) is 35.0. The van der Waals surface area contributed by atoms with Gasteiger partial charge in [0.2, 0.25) is 0 Å². The number of aryl methyl sites for hydroxylation is 1. The van der Waals surface area contributed by atoms with Crippen LogP contribution in [0.25, 0.3) is 48.0 Å². The second-order valence-corrected chi connectivity index (χ2v) is 18.5. The average Bonchev–Trinajstić information content (AvgIpc) is 3.59. The van der Waals surface area contributed by atoms with Crippen molar-refractivity contribution in [2.45, 2.75) is 70.1 Å². The highest BCUT2D eigenvalue weighted by atomic mass is 32.1. The molecule has 1 heterocycles. The molecule has 0 amide bonds. The van der Waals surface area contributed by atoms with Gasteiger partial charge in [0.15, 0.2) is 0 Å². The van der Waals surface area contributed by atoms with Crippen molar-refractivity contribution in [3.05, 3.63) is 197 Å². The molecule has 0 aliphatic heterocycles. The number of hydrogen-bond acceptors (Lipinski definition) is 1. The van der Waals surface area contributed by atoms with Gasteiger partial charge < -0.3 is 0 Å². The van der Waals surface area contributed by atoms with E-state index in [1.54, 1.807) is 22.3 Å². The van der Waals surface area contributed by atoms with Crippen LogP contribution in [0.15, 0.2) is 169 Å². The van der Waals surface area contributed by atoms with Gasteiger partial charge >= 0.3 is 0 Å². The summed E-state index contributed by atoms with van der Waals surface area (Å²) in [5, 5.41) is 2.86. The molecule has 11 rings (SSSR count). The lowest BCUT2D eigenvalue weighted by molar-refractivity contribution is 0.252. The zero-order valence-corrected chi connectivity index (χ0v) is 33.8. The molecule has 0 nitrogen and oxygen atoms in total. The number of benzene rings is 6. The van der Waals surface area contributed by atoms with E-state index in [0.717, 1.165) is 25.7 Å². The van der Waals surface area contributed by atoms with Crippen molar-refractivity contribution in [2.24, 2.45) is 17.8 Å². The third-order valence-electron chi connectivity index (χ3n) is 14.4. The van der Waals surface area contributed by atoms with Crippen molar-refractivity contribution in [1.82, 2.24) is 0 Å². The smallest absolute Gasteiger partial charge is 0.0355 e. The van der Waals surface area contributed by atoms with Gasteiger partial charge in [0.05, 0.1) is 0 Å². The van der Waals surface area contributed by atoms with Gasteiger partial charge in [-0.05, 0) is 161 Å². The third-order valence-corrected chi connectivity index (χ3v) is 15.5. The van der Waals surface area contributed by atoms with Crippen LogP contribution in [0.1, 0.15) is 85.1 Å². The molecule has 0 N–H and O–H groups in total. The molecule has 4 unspecified atom stereocenters. The van der Waals surface area contributed by atoms with Crippen molar-refractivity contribution in [3.63, 3.8) is 0 Å². The molecule has 5 atom stereocenters. The van der Waals surface area contributed by atoms with Gasteiger partial charge in [-0.15, -0.1) is 11.3 Å². The van der Waals surface area contributed by atoms with Crippen molar-refractivity contribution in [3.8, 4) is 22.3 Å². The van der Waals surface area contributed by atoms with Crippen LogP contribution in [0.3, 0.4) is 0 Å². The van der Waals surface area contributed by atoms with E-state index in [1.165, 1.54) is 90.4 Å². The Balaban J connectivity index is 0.919. The van der Waals surface area contributed by atoms with Crippen molar-refractivity contribution >= 4 is 37.1 Å². The molecular weight excluding hydrogens is 705 g/mol. The van der Waals surface area contributed by atoms with Crippen LogP contribution >= 0.6 is 11.3 Å². The number of thiophene rings is 1. The van der Waals surface area contributed by atoms with Crippen LogP contribution in [-0.2, 0) is 12.8 Å². The van der Waals surface area contributed by atoms with E-state index in [-0.39, 0.29) is 0 Å². The molecule has 0 saturated heterocycles. The van der Waals surface area contributed by atoms with Gasteiger partial charge in [-0.1, -0.05) is 146 Å². The predicted octanol–water partition coefficient (Wildman–Crippen LogP) is 15.5. The molecule has 6 aromatic carbocycles. The van der Waals surface area contributed by atoms with Crippen LogP contribution in [0.2, 0.25) is 0 Å². The normalized spacial score (nSPS) is 23.1. The molecule has 4 aliphatic carbocycles. The molecule has 280 valence electrons. The first-order valence-electron chi connectivity index (χ1n) is 21.5. The van der Waals surface area contributed by atoms with Crippen molar-refractivity contribution in [1.29, 1.82) is 0 Å². The van der Waals surface area contributed by atoms with E-state index in [2.05, 4.69) is 165 Å². The minimum absolute atomic E-state index is 0.479. The van der Waals surface area contributed by atoms with Gasteiger partial charge in [-0.2, -0.15) is 0 Å². The van der Waals surface area contributed by atoms with E-state index in [9.17, 15) is 0 Å². The van der Waals surface area contributed by atoms with Crippen LogP contribution in [-0.4, -0.2) is 0 Å². The summed E-state index contributed by atoms with van der Waals surface area (Å²) in [5.41, 5.74) is 17.8. The van der Waals surface area contributed by atoms with Crippen LogP contribution in [0.5, 0.6) is 0 Å². The number of allylic oxidation sites excluding steroid dienone is 6. The van der Waals surface area contributed by atoms with Crippen molar-refractivity contribution in [2.75, 3.05) is 0 Å². The van der Waals surface area contributed by atoms with Gasteiger partial charge in [-0.25, -0.2) is 0 Å². The zero-order valence-electron chi connectivity index (χ0n) is 33.0. The van der Waals surface area contributed by atoms with E-state index >= 15 is 0 Å². The lowest BCUT2D eigenvalue weighted by Gasteiger charge is -2.37. The summed E-state index contributed by atoms with van der Waals surface area (Å²) in [6, 6.07) is 53.4. The monoisotopic (exact) mass is 754 g/mol. The fraction of sp³-hybridized carbons (Fsp3) is 0.250. The lowest BCUT2D eigenvalue weighted by atomic mass is 9.67. The summed E-state index contributed by atoms with van der Waals surface area (Å²) in [5.74, 6) is 2.77. The molecule has 7 aromatic rings. The molecule has 4 aliphatic rings. The minimum Gasteiger partial charge on any atom is -0.135 e. The summed E-state index contributed by atoms with van der Waals surface area (Å²) in [7, 11) is 0. The van der Waals surface area contributed by atoms with Crippen molar-refractivity contribution < 1.29 is 0 Å². The quantitative estimate of drug-likeness (QED) is 0.168. The van der Waals surface area contributed by atoms with Gasteiger partial charge in [0.25, 0.3) is 0 Å². The Bertz CT molecular complexity index is 2740. The molecule has 0 spiro atoms. The van der Waals surface area contributed by atoms with Gasteiger partial charge in [-0.3, -0.25) is 0 Å². The second-order valence-electron chi connectivity index (χ2n) is 17.4. The van der Waals surface area contributed by atoms with Gasteiger partial charge in [0.1, 0.15) is 0 Å². The molecule has 0 bridgehead atoms. The number of hydrogen-bond donors (Lipinski definition) is 0. The summed E-state index contributed by atoms with van der Waals surface area (Å²) < 4.78 is 2.81. The fourth-order valence-electron chi connectivity index (χ4n) is 11.3. The first-order valence-corrected chi connectivity index (χ1v) is 22.3. The molecule has 1 aromatic heterocycles. The largest absolute Gasteiger partial charge is 0.135 e. The molecule has 1 heteroatoms. The third kappa shape index (κ3) is 6.36. The Kier molecular flexibility index (Phi) is 8.96. The average molecular weight is 755 g/mol. The highest BCUT2D eigenvalue weighted by Crippen LogP contribution is 2.53. The molecule has 57 heavy (non-hydrogen) atoms. The number of rotatable bonds is 4. The Hall–Kier alpha value is -5.24. The van der Waals surface area contributed by atoms with E-state index in [0.29, 0.717) is 29.6 Å². The SMILES string of the molecule is CC1C2CCC(c3ccc4c(c3)-c3ccccc3CC(c3cccc(-c5ccccc5)c3)CC4)=CC2C2=C(CCC=C2)C[C@H]1c1ccc2sc3ccccc3c2c1. The van der Waals surface area contributed by atoms with E-state index < -0.39 is 0 Å². The number of fused-ring (bicyclic) bond motifs is 8. The standard InChI is InChI=1S/C56H50S/c1-36-47-28-26-43(33-53(47)49-19-8-6-15-45(49)34-51(36)46-27-29-56-54(35-46)50-20-9-10-21-55(50)57-56)42-25-23-38-22-24-41(31-44-14-5-7-18-48(44)52(38)32-42)40-17-11-16-39(30-40)37-12-3-2-4-13-37/h2-5,7-14,16-21,23,25,27,29-30,32-33,35-36,41,47,51,53H,6,15,22,24,26,28,31,34H2,1H3/t36?,41?,47?,51-,53?/m1/s1. The maximum atomic E-state index is 2.74. The maximum absolute atomic E-state index is 2.74. The second kappa shape index (κ2) is 14.6. The molecule has 0 fully saturated rings.